The average Bonchev–Trinajstić information content (AvgIpc) is 3.30. The van der Waals surface area contributed by atoms with E-state index >= 15 is 0 Å². The van der Waals surface area contributed by atoms with Crippen LogP contribution in [-0.2, 0) is 44.5 Å². The van der Waals surface area contributed by atoms with Crippen LogP contribution in [0.3, 0.4) is 0 Å². The van der Waals surface area contributed by atoms with Crippen LogP contribution in [0, 0.1) is 0 Å². The molecule has 0 spiro atoms. The summed E-state index contributed by atoms with van der Waals surface area (Å²) >= 11 is 0. The van der Waals surface area contributed by atoms with Gasteiger partial charge in [0.05, 0.1) is 72.4 Å². The molecule has 1 aliphatic heterocycles. The Morgan fingerprint density at radius 2 is 1.49 bits per heavy atom. The zero-order valence-corrected chi connectivity index (χ0v) is 21.7. The number of amides is 2. The second-order valence-corrected chi connectivity index (χ2v) is 8.40. The van der Waals surface area contributed by atoms with E-state index in [1.54, 1.807) is 7.11 Å². The quantitative estimate of drug-likeness (QED) is 0.179. The van der Waals surface area contributed by atoms with Gasteiger partial charge in [0.2, 0.25) is 11.8 Å². The Kier molecular flexibility index (Phi) is 16.0. The van der Waals surface area contributed by atoms with Gasteiger partial charge >= 0.3 is 5.97 Å². The van der Waals surface area contributed by atoms with Crippen molar-refractivity contribution in [1.29, 1.82) is 0 Å². The molecule has 11 nitrogen and oxygen atoms in total. The predicted octanol–water partition coefficient (Wildman–Crippen LogP) is 1.02. The molecule has 1 fully saturated rings. The Hall–Kier alpha value is -2.73. The van der Waals surface area contributed by atoms with E-state index in [1.165, 1.54) is 5.56 Å². The summed E-state index contributed by atoms with van der Waals surface area (Å²) in [6, 6.07) is 7.64. The van der Waals surface area contributed by atoms with E-state index in [-0.39, 0.29) is 49.9 Å². The van der Waals surface area contributed by atoms with Crippen LogP contribution in [0.2, 0.25) is 0 Å². The first-order valence-corrected chi connectivity index (χ1v) is 12.7. The van der Waals surface area contributed by atoms with E-state index in [1.807, 2.05) is 24.3 Å². The predicted molar refractivity (Wildman–Crippen MR) is 134 cm³/mol. The van der Waals surface area contributed by atoms with Crippen molar-refractivity contribution in [3.05, 3.63) is 29.8 Å². The maximum absolute atomic E-state index is 11.9. The number of hydrogen-bond donors (Lipinski definition) is 2. The van der Waals surface area contributed by atoms with Gasteiger partial charge < -0.3 is 39.1 Å². The van der Waals surface area contributed by atoms with Crippen molar-refractivity contribution in [3.63, 3.8) is 0 Å². The number of methoxy groups -OCH3 is 1. The molecule has 1 unspecified atom stereocenters. The van der Waals surface area contributed by atoms with Crippen molar-refractivity contribution in [2.75, 3.05) is 73.1 Å². The number of rotatable bonds is 21. The molecule has 37 heavy (non-hydrogen) atoms. The van der Waals surface area contributed by atoms with Gasteiger partial charge in [-0.15, -0.1) is 0 Å². The van der Waals surface area contributed by atoms with Gasteiger partial charge in [-0.1, -0.05) is 12.1 Å². The summed E-state index contributed by atoms with van der Waals surface area (Å²) in [5.41, 5.74) is 1.18. The van der Waals surface area contributed by atoms with E-state index in [4.69, 9.17) is 28.4 Å². The lowest BCUT2D eigenvalue weighted by atomic mass is 10.1. The minimum absolute atomic E-state index is 0.0228. The van der Waals surface area contributed by atoms with Gasteiger partial charge in [-0.3, -0.25) is 14.4 Å². The Labute approximate surface area is 218 Å². The normalized spacial score (nSPS) is 14.8. The highest BCUT2D eigenvalue weighted by atomic mass is 16.6. The van der Waals surface area contributed by atoms with Crippen LogP contribution in [0.5, 0.6) is 5.75 Å². The van der Waals surface area contributed by atoms with Crippen LogP contribution in [0.1, 0.15) is 31.2 Å². The highest BCUT2D eigenvalue weighted by Gasteiger charge is 2.24. The molecule has 11 heteroatoms. The number of carbonyl (C=O) groups excluding carboxylic acids is 3. The zero-order chi connectivity index (χ0) is 26.6. The number of hydrogen-bond acceptors (Lipinski definition) is 9. The molecule has 0 aliphatic carbocycles. The van der Waals surface area contributed by atoms with Crippen molar-refractivity contribution < 1.29 is 42.8 Å². The highest BCUT2D eigenvalue weighted by Crippen LogP contribution is 2.13. The molecule has 1 aliphatic rings. The lowest BCUT2D eigenvalue weighted by molar-refractivity contribution is -0.138. The third kappa shape index (κ3) is 15.2. The number of aryl methyl sites for hydroxylation is 1. The van der Waals surface area contributed by atoms with Gasteiger partial charge in [-0.25, -0.2) is 0 Å². The minimum Gasteiger partial charge on any atom is -0.497 e. The molecule has 2 amide bonds. The Morgan fingerprint density at radius 1 is 0.865 bits per heavy atom. The summed E-state index contributed by atoms with van der Waals surface area (Å²) in [6.07, 6.45) is 2.57. The SMILES string of the molecule is COc1ccc(CCCC(=O)NCCOCCOCCOCCOCCC(=O)NC2COC(=O)C2)cc1. The molecule has 1 saturated heterocycles. The van der Waals surface area contributed by atoms with Crippen LogP contribution >= 0.6 is 0 Å². The van der Waals surface area contributed by atoms with Crippen LogP contribution in [0.25, 0.3) is 0 Å². The summed E-state index contributed by atoms with van der Waals surface area (Å²) in [4.78, 5) is 34.6. The third-order valence-electron chi connectivity index (χ3n) is 5.41. The molecule has 1 aromatic rings. The molecular weight excluding hydrogens is 484 g/mol. The number of carbonyl (C=O) groups is 3. The first kappa shape index (κ1) is 30.5. The standard InChI is InChI=1S/C26H40N2O9/c1-32-23-7-5-21(6-8-23)3-2-4-24(29)27-10-12-34-14-16-36-18-17-35-15-13-33-11-9-25(30)28-22-19-26(31)37-20-22/h5-8,22H,2-4,9-20H2,1H3,(H,27,29)(H,28,30). The number of esters is 1. The second kappa shape index (κ2) is 19.4. The first-order valence-electron chi connectivity index (χ1n) is 12.7. The largest absolute Gasteiger partial charge is 0.497 e. The molecule has 0 saturated carbocycles. The Balaban J connectivity index is 1.27. The summed E-state index contributed by atoms with van der Waals surface area (Å²) < 4.78 is 31.6. The van der Waals surface area contributed by atoms with Crippen molar-refractivity contribution in [2.45, 2.75) is 38.1 Å². The first-order chi connectivity index (χ1) is 18.1. The Morgan fingerprint density at radius 3 is 2.08 bits per heavy atom. The third-order valence-corrected chi connectivity index (χ3v) is 5.41. The van der Waals surface area contributed by atoms with E-state index in [9.17, 15) is 14.4 Å². The topological polar surface area (TPSA) is 131 Å². The smallest absolute Gasteiger partial charge is 0.308 e. The van der Waals surface area contributed by atoms with Gasteiger partial charge in [-0.2, -0.15) is 0 Å². The van der Waals surface area contributed by atoms with Crippen molar-refractivity contribution in [1.82, 2.24) is 10.6 Å². The number of cyclic esters (lactones) is 1. The molecule has 208 valence electrons. The van der Waals surface area contributed by atoms with Gasteiger partial charge in [0.25, 0.3) is 0 Å². The van der Waals surface area contributed by atoms with Crippen LogP contribution < -0.4 is 15.4 Å². The molecular formula is C26H40N2O9. The average molecular weight is 525 g/mol. The molecule has 0 aromatic heterocycles. The fraction of sp³-hybridized carbons (Fsp3) is 0.654. The number of nitrogens with one attached hydrogen (secondary N) is 2. The van der Waals surface area contributed by atoms with E-state index < -0.39 is 0 Å². The van der Waals surface area contributed by atoms with E-state index in [2.05, 4.69) is 10.6 Å². The summed E-state index contributed by atoms with van der Waals surface area (Å²) in [7, 11) is 1.64. The molecule has 2 rings (SSSR count). The monoisotopic (exact) mass is 524 g/mol. The molecule has 0 radical (unpaired) electrons. The van der Waals surface area contributed by atoms with Crippen LogP contribution in [-0.4, -0.2) is 96.9 Å². The number of benzene rings is 1. The van der Waals surface area contributed by atoms with Crippen molar-refractivity contribution in [2.24, 2.45) is 0 Å². The van der Waals surface area contributed by atoms with Gasteiger partial charge in [0.15, 0.2) is 0 Å². The fourth-order valence-corrected chi connectivity index (χ4v) is 3.43. The van der Waals surface area contributed by atoms with E-state index in [0.29, 0.717) is 59.2 Å². The lowest BCUT2D eigenvalue weighted by Crippen LogP contribution is -2.35. The van der Waals surface area contributed by atoms with Crippen molar-refractivity contribution >= 4 is 17.8 Å². The molecule has 2 N–H and O–H groups in total. The molecule has 0 bridgehead atoms. The molecule has 1 heterocycles. The zero-order valence-electron chi connectivity index (χ0n) is 21.7. The summed E-state index contributed by atoms with van der Waals surface area (Å²) in [5.74, 6) is 0.400. The van der Waals surface area contributed by atoms with Crippen molar-refractivity contribution in [3.8, 4) is 5.75 Å². The fourth-order valence-electron chi connectivity index (χ4n) is 3.43. The molecule has 1 aromatic carbocycles. The number of ether oxygens (including phenoxy) is 6. The second-order valence-electron chi connectivity index (χ2n) is 8.40. The van der Waals surface area contributed by atoms with Gasteiger partial charge in [-0.05, 0) is 30.5 Å². The Bertz CT molecular complexity index is 789. The lowest BCUT2D eigenvalue weighted by Gasteiger charge is -2.10. The molecule has 1 atom stereocenters. The van der Waals surface area contributed by atoms with Gasteiger partial charge in [0, 0.05) is 19.4 Å². The van der Waals surface area contributed by atoms with Crippen LogP contribution in [0.4, 0.5) is 0 Å². The maximum atomic E-state index is 11.9. The summed E-state index contributed by atoms with van der Waals surface area (Å²) in [6.45, 7) is 3.99. The maximum Gasteiger partial charge on any atom is 0.308 e. The minimum atomic E-state index is -0.288. The van der Waals surface area contributed by atoms with E-state index in [0.717, 1.165) is 18.6 Å². The van der Waals surface area contributed by atoms with Gasteiger partial charge in [0.1, 0.15) is 12.4 Å². The summed E-state index contributed by atoms with van der Waals surface area (Å²) in [5, 5.41) is 5.59. The van der Waals surface area contributed by atoms with Crippen LogP contribution in [0.15, 0.2) is 24.3 Å². The highest BCUT2D eigenvalue weighted by molar-refractivity contribution is 5.78.